The van der Waals surface area contributed by atoms with E-state index in [1.165, 1.54) is 6.08 Å². The number of amides is 1. The van der Waals surface area contributed by atoms with Crippen LogP contribution < -0.4 is 5.32 Å². The Balaban J connectivity index is 1.93. The predicted octanol–water partition coefficient (Wildman–Crippen LogP) is 1.42. The van der Waals surface area contributed by atoms with Gasteiger partial charge in [-0.05, 0) is 30.4 Å². The Kier molecular flexibility index (Phi) is 4.52. The lowest BCUT2D eigenvalue weighted by atomic mass is 9.91. The molecule has 0 unspecified atom stereocenters. The number of aliphatic hydroxyl groups is 1. The van der Waals surface area contributed by atoms with Crippen LogP contribution in [0.1, 0.15) is 17.7 Å². The Morgan fingerprint density at radius 3 is 2.94 bits per heavy atom. The summed E-state index contributed by atoms with van der Waals surface area (Å²) < 4.78 is 5.25. The quantitative estimate of drug-likeness (QED) is 0.811. The maximum atomic E-state index is 11.8. The zero-order valence-electron chi connectivity index (χ0n) is 10.1. The van der Waals surface area contributed by atoms with Crippen molar-refractivity contribution in [1.82, 2.24) is 5.32 Å². The smallest absolute Gasteiger partial charge is 0.244 e. The van der Waals surface area contributed by atoms with Crippen LogP contribution in [-0.4, -0.2) is 36.4 Å². The third-order valence-electron chi connectivity index (χ3n) is 3.08. The van der Waals surface area contributed by atoms with Crippen molar-refractivity contribution in [2.24, 2.45) is 0 Å². The van der Waals surface area contributed by atoms with Crippen LogP contribution in [0.5, 0.6) is 0 Å². The van der Waals surface area contributed by atoms with Crippen molar-refractivity contribution in [3.05, 3.63) is 28.5 Å². The number of carbonyl (C=O) groups is 1. The summed E-state index contributed by atoms with van der Waals surface area (Å²) in [6.45, 7) is 1.11. The van der Waals surface area contributed by atoms with E-state index in [2.05, 4.69) is 5.32 Å². The van der Waals surface area contributed by atoms with Crippen LogP contribution in [0, 0.1) is 0 Å². The highest BCUT2D eigenvalue weighted by Gasteiger charge is 2.32. The van der Waals surface area contributed by atoms with E-state index in [0.29, 0.717) is 26.1 Å². The summed E-state index contributed by atoms with van der Waals surface area (Å²) in [5.41, 5.74) is -0.519. The Bertz CT molecular complexity index is 408. The fourth-order valence-electron chi connectivity index (χ4n) is 1.93. The Morgan fingerprint density at radius 2 is 2.33 bits per heavy atom. The van der Waals surface area contributed by atoms with E-state index < -0.39 is 5.54 Å². The minimum absolute atomic E-state index is 0.0467. The number of carbonyl (C=O) groups excluding carboxylic acids is 1. The number of aliphatic hydroxyl groups excluding tert-OH is 1. The molecule has 0 spiro atoms. The Hall–Kier alpha value is -1.17. The SMILES string of the molecule is O=C(/C=C/c1cccs1)NC1(CO)CCOCC1. The minimum atomic E-state index is -0.519. The van der Waals surface area contributed by atoms with Crippen LogP contribution >= 0.6 is 11.3 Å². The first kappa shape index (κ1) is 13.3. The topological polar surface area (TPSA) is 58.6 Å². The molecule has 2 N–H and O–H groups in total. The van der Waals surface area contributed by atoms with Gasteiger partial charge in [0.1, 0.15) is 0 Å². The highest BCUT2D eigenvalue weighted by Crippen LogP contribution is 2.20. The molecule has 18 heavy (non-hydrogen) atoms. The number of hydrogen-bond acceptors (Lipinski definition) is 4. The van der Waals surface area contributed by atoms with Crippen molar-refractivity contribution in [3.8, 4) is 0 Å². The third kappa shape index (κ3) is 3.41. The molecule has 2 rings (SSSR count). The van der Waals surface area contributed by atoms with Gasteiger partial charge < -0.3 is 15.2 Å². The molecule has 1 aliphatic rings. The molecular formula is C13H17NO3S. The summed E-state index contributed by atoms with van der Waals surface area (Å²) in [6.07, 6.45) is 4.60. The number of thiophene rings is 1. The van der Waals surface area contributed by atoms with Gasteiger partial charge in [0.25, 0.3) is 0 Å². The van der Waals surface area contributed by atoms with E-state index in [9.17, 15) is 9.90 Å². The van der Waals surface area contributed by atoms with Gasteiger partial charge in [-0.25, -0.2) is 0 Å². The molecule has 0 aliphatic carbocycles. The molecule has 1 fully saturated rings. The van der Waals surface area contributed by atoms with Crippen molar-refractivity contribution in [3.63, 3.8) is 0 Å². The highest BCUT2D eigenvalue weighted by molar-refractivity contribution is 7.10. The van der Waals surface area contributed by atoms with Gasteiger partial charge in [0.05, 0.1) is 12.1 Å². The molecule has 1 amide bonds. The summed E-state index contributed by atoms with van der Waals surface area (Å²) in [7, 11) is 0. The minimum Gasteiger partial charge on any atom is -0.394 e. The van der Waals surface area contributed by atoms with Gasteiger partial charge in [0.2, 0.25) is 5.91 Å². The molecule has 1 aromatic heterocycles. The fraction of sp³-hybridized carbons (Fsp3) is 0.462. The standard InChI is InChI=1S/C13H17NO3S/c15-10-13(5-7-17-8-6-13)14-12(16)4-3-11-2-1-9-18-11/h1-4,9,15H,5-8,10H2,(H,14,16)/b4-3+. The van der Waals surface area contributed by atoms with Crippen LogP contribution in [0.25, 0.3) is 6.08 Å². The van der Waals surface area contributed by atoms with Crippen LogP contribution in [0.4, 0.5) is 0 Å². The second kappa shape index (κ2) is 6.13. The first-order chi connectivity index (χ1) is 8.74. The van der Waals surface area contributed by atoms with Crippen LogP contribution in [0.3, 0.4) is 0 Å². The predicted molar refractivity (Wildman–Crippen MR) is 71.4 cm³/mol. The van der Waals surface area contributed by atoms with Crippen molar-refractivity contribution in [2.45, 2.75) is 18.4 Å². The molecule has 0 radical (unpaired) electrons. The molecule has 1 saturated heterocycles. The number of nitrogens with one attached hydrogen (secondary N) is 1. The van der Waals surface area contributed by atoms with Gasteiger partial charge in [-0.3, -0.25) is 4.79 Å². The normalized spacial score (nSPS) is 18.9. The molecule has 0 aromatic carbocycles. The molecule has 0 saturated carbocycles. The van der Waals surface area contributed by atoms with E-state index in [1.54, 1.807) is 17.4 Å². The summed E-state index contributed by atoms with van der Waals surface area (Å²) in [5.74, 6) is -0.167. The summed E-state index contributed by atoms with van der Waals surface area (Å²) >= 11 is 1.58. The molecule has 0 atom stereocenters. The van der Waals surface area contributed by atoms with Gasteiger partial charge >= 0.3 is 0 Å². The molecule has 4 nitrogen and oxygen atoms in total. The fourth-order valence-corrected chi connectivity index (χ4v) is 2.55. The van der Waals surface area contributed by atoms with E-state index in [1.807, 2.05) is 17.5 Å². The Morgan fingerprint density at radius 1 is 1.56 bits per heavy atom. The molecule has 1 aliphatic heterocycles. The molecule has 2 heterocycles. The second-order valence-corrected chi connectivity index (χ2v) is 5.37. The van der Waals surface area contributed by atoms with E-state index in [0.717, 1.165) is 4.88 Å². The zero-order valence-corrected chi connectivity index (χ0v) is 10.9. The summed E-state index contributed by atoms with van der Waals surface area (Å²) in [5, 5.41) is 14.3. The van der Waals surface area contributed by atoms with Crippen molar-refractivity contribution >= 4 is 23.3 Å². The second-order valence-electron chi connectivity index (χ2n) is 4.39. The lowest BCUT2D eigenvalue weighted by molar-refractivity contribution is -0.120. The Labute approximate surface area is 110 Å². The monoisotopic (exact) mass is 267 g/mol. The van der Waals surface area contributed by atoms with E-state index in [4.69, 9.17) is 4.74 Å². The van der Waals surface area contributed by atoms with Crippen LogP contribution in [0.15, 0.2) is 23.6 Å². The van der Waals surface area contributed by atoms with Crippen LogP contribution in [-0.2, 0) is 9.53 Å². The molecule has 1 aromatic rings. The van der Waals surface area contributed by atoms with Crippen LogP contribution in [0.2, 0.25) is 0 Å². The lowest BCUT2D eigenvalue weighted by Crippen LogP contribution is -2.54. The van der Waals surface area contributed by atoms with Crippen molar-refractivity contribution in [1.29, 1.82) is 0 Å². The molecule has 5 heteroatoms. The largest absolute Gasteiger partial charge is 0.394 e. The van der Waals surface area contributed by atoms with Gasteiger partial charge in [0, 0.05) is 24.2 Å². The maximum Gasteiger partial charge on any atom is 0.244 e. The third-order valence-corrected chi connectivity index (χ3v) is 3.92. The van der Waals surface area contributed by atoms with E-state index >= 15 is 0 Å². The van der Waals surface area contributed by atoms with Crippen molar-refractivity contribution in [2.75, 3.05) is 19.8 Å². The zero-order chi connectivity index (χ0) is 12.8. The van der Waals surface area contributed by atoms with Gasteiger partial charge in [-0.2, -0.15) is 0 Å². The van der Waals surface area contributed by atoms with E-state index in [-0.39, 0.29) is 12.5 Å². The van der Waals surface area contributed by atoms with Gasteiger partial charge in [-0.1, -0.05) is 6.07 Å². The average molecular weight is 267 g/mol. The highest BCUT2D eigenvalue weighted by atomic mass is 32.1. The first-order valence-corrected chi connectivity index (χ1v) is 6.84. The number of rotatable bonds is 4. The first-order valence-electron chi connectivity index (χ1n) is 5.96. The summed E-state index contributed by atoms with van der Waals surface area (Å²) in [6, 6.07) is 3.89. The molecular weight excluding hydrogens is 250 g/mol. The maximum absolute atomic E-state index is 11.8. The number of ether oxygens (including phenoxy) is 1. The number of hydrogen-bond donors (Lipinski definition) is 2. The van der Waals surface area contributed by atoms with Gasteiger partial charge in [0.15, 0.2) is 0 Å². The average Bonchev–Trinajstić information content (AvgIpc) is 2.91. The van der Waals surface area contributed by atoms with Gasteiger partial charge in [-0.15, -0.1) is 11.3 Å². The lowest BCUT2D eigenvalue weighted by Gasteiger charge is -2.35. The van der Waals surface area contributed by atoms with Crippen molar-refractivity contribution < 1.29 is 14.6 Å². The molecule has 0 bridgehead atoms. The summed E-state index contributed by atoms with van der Waals surface area (Å²) in [4.78, 5) is 12.9. The molecule has 98 valence electrons.